The van der Waals surface area contributed by atoms with Gasteiger partial charge in [0.1, 0.15) is 5.01 Å². The molecule has 2 nitrogen and oxygen atoms in total. The van der Waals surface area contributed by atoms with Crippen molar-refractivity contribution in [2.24, 2.45) is 0 Å². The second-order valence-corrected chi connectivity index (χ2v) is 6.29. The van der Waals surface area contributed by atoms with Crippen molar-refractivity contribution in [1.82, 2.24) is 9.97 Å². The van der Waals surface area contributed by atoms with E-state index in [0.29, 0.717) is 0 Å². The van der Waals surface area contributed by atoms with Crippen LogP contribution in [0.15, 0.2) is 53.3 Å². The van der Waals surface area contributed by atoms with Gasteiger partial charge < -0.3 is 0 Å². The summed E-state index contributed by atoms with van der Waals surface area (Å²) in [6, 6.07) is 12.2. The molecule has 0 saturated carbocycles. The number of aryl methyl sites for hydroxylation is 1. The first-order valence-electron chi connectivity index (χ1n) is 5.88. The first-order valence-corrected chi connectivity index (χ1v) is 7.49. The van der Waals surface area contributed by atoms with E-state index in [1.54, 1.807) is 23.7 Å². The van der Waals surface area contributed by atoms with E-state index >= 15 is 0 Å². The Morgan fingerprint density at radius 2 is 1.84 bits per heavy atom. The molecule has 2 aromatic heterocycles. The maximum atomic E-state index is 4.76. The van der Waals surface area contributed by atoms with Crippen molar-refractivity contribution in [3.05, 3.63) is 58.1 Å². The molecule has 0 N–H and O–H groups in total. The van der Waals surface area contributed by atoms with Crippen LogP contribution in [0.3, 0.4) is 0 Å². The highest BCUT2D eigenvalue weighted by molar-refractivity contribution is 9.10. The Labute approximate surface area is 124 Å². The molecule has 0 unspecified atom stereocenters. The van der Waals surface area contributed by atoms with E-state index in [4.69, 9.17) is 4.98 Å². The number of benzene rings is 1. The number of rotatable bonds is 2. The van der Waals surface area contributed by atoms with Crippen molar-refractivity contribution in [2.45, 2.75) is 6.92 Å². The first kappa shape index (κ1) is 12.5. The molecule has 0 radical (unpaired) electrons. The lowest BCUT2D eigenvalue weighted by Gasteiger charge is -1.99. The predicted molar refractivity (Wildman–Crippen MR) is 83.2 cm³/mol. The molecule has 2 heterocycles. The number of pyridine rings is 1. The van der Waals surface area contributed by atoms with Crippen LogP contribution < -0.4 is 0 Å². The van der Waals surface area contributed by atoms with Gasteiger partial charge in [-0.3, -0.25) is 4.98 Å². The topological polar surface area (TPSA) is 25.8 Å². The van der Waals surface area contributed by atoms with Crippen LogP contribution >= 0.6 is 27.3 Å². The average molecular weight is 331 g/mol. The lowest BCUT2D eigenvalue weighted by atomic mass is 10.1. The summed E-state index contributed by atoms with van der Waals surface area (Å²) in [5.41, 5.74) is 3.31. The van der Waals surface area contributed by atoms with Gasteiger partial charge in [0.05, 0.1) is 5.69 Å². The summed E-state index contributed by atoms with van der Waals surface area (Å²) in [5.74, 6) is 0. The molecule has 0 atom stereocenters. The highest BCUT2D eigenvalue weighted by atomic mass is 79.9. The fraction of sp³-hybridized carbons (Fsp3) is 0.0667. The third-order valence-corrected chi connectivity index (χ3v) is 4.34. The minimum atomic E-state index is 1.04. The third-order valence-electron chi connectivity index (χ3n) is 2.82. The smallest absolute Gasteiger partial charge is 0.124 e. The monoisotopic (exact) mass is 330 g/mol. The van der Waals surface area contributed by atoms with Gasteiger partial charge in [-0.1, -0.05) is 28.1 Å². The standard InChI is InChI=1S/C15H11BrN2S/c1-10-14(12-3-2-4-13(16)9-12)18-15(19-10)11-5-7-17-8-6-11/h2-9H,1H3. The van der Waals surface area contributed by atoms with Crippen LogP contribution in [0.5, 0.6) is 0 Å². The Kier molecular flexibility index (Phi) is 3.44. The fourth-order valence-corrected chi connectivity index (χ4v) is 3.26. The maximum absolute atomic E-state index is 4.76. The zero-order valence-electron chi connectivity index (χ0n) is 10.3. The van der Waals surface area contributed by atoms with Gasteiger partial charge in [-0.05, 0) is 31.2 Å². The van der Waals surface area contributed by atoms with Crippen LogP contribution in [0, 0.1) is 6.92 Å². The van der Waals surface area contributed by atoms with Gasteiger partial charge in [0.15, 0.2) is 0 Å². The maximum Gasteiger partial charge on any atom is 0.124 e. The number of nitrogens with zero attached hydrogens (tertiary/aromatic N) is 2. The van der Waals surface area contributed by atoms with Crippen molar-refractivity contribution in [3.63, 3.8) is 0 Å². The van der Waals surface area contributed by atoms with Gasteiger partial charge in [0.2, 0.25) is 0 Å². The highest BCUT2D eigenvalue weighted by Gasteiger charge is 2.11. The Balaban J connectivity index is 2.08. The summed E-state index contributed by atoms with van der Waals surface area (Å²) in [6.45, 7) is 2.11. The predicted octanol–water partition coefficient (Wildman–Crippen LogP) is 4.94. The lowest BCUT2D eigenvalue weighted by Crippen LogP contribution is -1.81. The van der Waals surface area contributed by atoms with Crippen LogP contribution in [0.2, 0.25) is 0 Å². The van der Waals surface area contributed by atoms with E-state index in [1.165, 1.54) is 4.88 Å². The number of hydrogen-bond acceptors (Lipinski definition) is 3. The van der Waals surface area contributed by atoms with Crippen LogP contribution in [0.4, 0.5) is 0 Å². The number of aromatic nitrogens is 2. The van der Waals surface area contributed by atoms with E-state index in [0.717, 1.165) is 26.3 Å². The second-order valence-electron chi connectivity index (χ2n) is 4.17. The van der Waals surface area contributed by atoms with Crippen LogP contribution in [0.25, 0.3) is 21.8 Å². The highest BCUT2D eigenvalue weighted by Crippen LogP contribution is 2.33. The molecule has 0 amide bonds. The minimum absolute atomic E-state index is 1.04. The van der Waals surface area contributed by atoms with E-state index in [2.05, 4.69) is 40.0 Å². The summed E-state index contributed by atoms with van der Waals surface area (Å²) >= 11 is 5.22. The Hall–Kier alpha value is -1.52. The minimum Gasteiger partial charge on any atom is -0.265 e. The van der Waals surface area contributed by atoms with Crippen molar-refractivity contribution < 1.29 is 0 Å². The zero-order valence-corrected chi connectivity index (χ0v) is 12.7. The van der Waals surface area contributed by atoms with E-state index in [9.17, 15) is 0 Å². The average Bonchev–Trinajstić information content (AvgIpc) is 2.82. The summed E-state index contributed by atoms with van der Waals surface area (Å²) in [7, 11) is 0. The lowest BCUT2D eigenvalue weighted by molar-refractivity contribution is 1.31. The summed E-state index contributed by atoms with van der Waals surface area (Å²) < 4.78 is 1.07. The summed E-state index contributed by atoms with van der Waals surface area (Å²) in [6.07, 6.45) is 3.59. The normalized spacial score (nSPS) is 10.6. The Bertz CT molecular complexity index is 707. The molecular weight excluding hydrogens is 320 g/mol. The van der Waals surface area contributed by atoms with Crippen molar-refractivity contribution in [3.8, 4) is 21.8 Å². The summed E-state index contributed by atoms with van der Waals surface area (Å²) in [5, 5.41) is 1.04. The number of hydrogen-bond donors (Lipinski definition) is 0. The third kappa shape index (κ3) is 2.60. The number of halogens is 1. The van der Waals surface area contributed by atoms with Crippen LogP contribution in [-0.4, -0.2) is 9.97 Å². The molecule has 0 aliphatic heterocycles. The second kappa shape index (κ2) is 5.23. The van der Waals surface area contributed by atoms with Crippen molar-refractivity contribution in [2.75, 3.05) is 0 Å². The molecular formula is C15H11BrN2S. The van der Waals surface area contributed by atoms with Gasteiger partial charge in [0, 0.05) is 32.9 Å². The molecule has 0 aliphatic carbocycles. The van der Waals surface area contributed by atoms with E-state index < -0.39 is 0 Å². The molecule has 1 aromatic carbocycles. The molecule has 0 saturated heterocycles. The molecule has 0 aliphatic rings. The Morgan fingerprint density at radius 1 is 1.05 bits per heavy atom. The van der Waals surface area contributed by atoms with E-state index in [-0.39, 0.29) is 0 Å². The van der Waals surface area contributed by atoms with Gasteiger partial charge in [0.25, 0.3) is 0 Å². The molecule has 0 fully saturated rings. The molecule has 0 bridgehead atoms. The molecule has 94 valence electrons. The van der Waals surface area contributed by atoms with Crippen molar-refractivity contribution >= 4 is 27.3 Å². The van der Waals surface area contributed by atoms with E-state index in [1.807, 2.05) is 24.3 Å². The largest absolute Gasteiger partial charge is 0.265 e. The molecule has 19 heavy (non-hydrogen) atoms. The zero-order chi connectivity index (χ0) is 13.2. The molecule has 0 spiro atoms. The SMILES string of the molecule is Cc1sc(-c2ccncc2)nc1-c1cccc(Br)c1. The van der Waals surface area contributed by atoms with Crippen LogP contribution in [0.1, 0.15) is 4.88 Å². The van der Waals surface area contributed by atoms with Gasteiger partial charge in [-0.25, -0.2) is 4.98 Å². The fourth-order valence-electron chi connectivity index (χ4n) is 1.92. The number of thiazole rings is 1. The van der Waals surface area contributed by atoms with Crippen LogP contribution in [-0.2, 0) is 0 Å². The van der Waals surface area contributed by atoms with Gasteiger partial charge >= 0.3 is 0 Å². The molecule has 3 rings (SSSR count). The molecule has 4 heteroatoms. The quantitative estimate of drug-likeness (QED) is 0.664. The first-order chi connectivity index (χ1) is 9.24. The van der Waals surface area contributed by atoms with Gasteiger partial charge in [-0.15, -0.1) is 11.3 Å². The van der Waals surface area contributed by atoms with Gasteiger partial charge in [-0.2, -0.15) is 0 Å². The van der Waals surface area contributed by atoms with Crippen molar-refractivity contribution in [1.29, 1.82) is 0 Å². The summed E-state index contributed by atoms with van der Waals surface area (Å²) in [4.78, 5) is 10.0. The Morgan fingerprint density at radius 3 is 2.58 bits per heavy atom. The molecule has 3 aromatic rings.